The topological polar surface area (TPSA) is 89.6 Å². The molecule has 1 rings (SSSR count). The van der Waals surface area contributed by atoms with Gasteiger partial charge in [-0.3, -0.25) is 9.59 Å². The highest BCUT2D eigenvalue weighted by Crippen LogP contribution is 2.32. The summed E-state index contributed by atoms with van der Waals surface area (Å²) in [5.74, 6) is -4.38. The van der Waals surface area contributed by atoms with Crippen LogP contribution in [-0.4, -0.2) is 28.7 Å². The summed E-state index contributed by atoms with van der Waals surface area (Å²) in [6.45, 7) is 4.65. The van der Waals surface area contributed by atoms with Crippen LogP contribution in [-0.2, 0) is 26.9 Å². The molecule has 0 aliphatic heterocycles. The molecule has 1 aromatic rings. The van der Waals surface area contributed by atoms with Crippen LogP contribution in [0.5, 0.6) is 0 Å². The van der Waals surface area contributed by atoms with Crippen LogP contribution in [0.1, 0.15) is 31.9 Å². The van der Waals surface area contributed by atoms with E-state index in [2.05, 4.69) is 0 Å². The molecule has 0 aromatic heterocycles. The van der Waals surface area contributed by atoms with Gasteiger partial charge in [0.25, 0.3) is 0 Å². The maximum atomic E-state index is 13.0. The van der Waals surface area contributed by atoms with Crippen LogP contribution in [0.4, 0.5) is 13.2 Å². The van der Waals surface area contributed by atoms with E-state index in [1.807, 2.05) is 0 Å². The summed E-state index contributed by atoms with van der Waals surface area (Å²) >= 11 is 0. The third-order valence-electron chi connectivity index (χ3n) is 3.13. The lowest BCUT2D eigenvalue weighted by atomic mass is 9.91. The molecule has 0 saturated carbocycles. The predicted octanol–water partition coefficient (Wildman–Crippen LogP) is 2.62. The van der Waals surface area contributed by atoms with Crippen molar-refractivity contribution >= 4 is 11.9 Å². The van der Waals surface area contributed by atoms with E-state index in [9.17, 15) is 27.9 Å². The standard InChI is InChI=1S/C16H20F3NO4/c1-15(2,3)24-14(23)12(13(21)22)11(20)8-9-6-4-5-7-10(9)16(17,18)19/h4-7,11-12H,8,20H2,1-3H3,(H,21,22)/t11-,12-/m1/s1. The molecule has 24 heavy (non-hydrogen) atoms. The molecule has 0 spiro atoms. The Kier molecular flexibility index (Phi) is 5.99. The van der Waals surface area contributed by atoms with Crippen molar-refractivity contribution in [1.82, 2.24) is 0 Å². The Morgan fingerprint density at radius 2 is 1.75 bits per heavy atom. The summed E-state index contributed by atoms with van der Waals surface area (Å²) in [6.07, 6.45) is -5.02. The van der Waals surface area contributed by atoms with E-state index in [1.54, 1.807) is 20.8 Å². The summed E-state index contributed by atoms with van der Waals surface area (Å²) in [5.41, 5.74) is 3.72. The highest BCUT2D eigenvalue weighted by Gasteiger charge is 2.38. The molecule has 0 heterocycles. The highest BCUT2D eigenvalue weighted by molar-refractivity contribution is 5.95. The maximum Gasteiger partial charge on any atom is 0.416 e. The first-order valence-corrected chi connectivity index (χ1v) is 7.19. The maximum absolute atomic E-state index is 13.0. The molecule has 0 aliphatic rings. The Hall–Kier alpha value is -2.09. The number of aliphatic carboxylic acids is 1. The second-order valence-electron chi connectivity index (χ2n) is 6.37. The number of carboxylic acid groups (broad SMARTS) is 1. The highest BCUT2D eigenvalue weighted by atomic mass is 19.4. The average molecular weight is 347 g/mol. The van der Waals surface area contributed by atoms with Crippen molar-refractivity contribution < 1.29 is 32.6 Å². The van der Waals surface area contributed by atoms with Gasteiger partial charge in [0.15, 0.2) is 5.92 Å². The second kappa shape index (κ2) is 7.21. The zero-order chi connectivity index (χ0) is 18.7. The molecule has 1 aromatic carbocycles. The first kappa shape index (κ1) is 20.0. The van der Waals surface area contributed by atoms with E-state index >= 15 is 0 Å². The van der Waals surface area contributed by atoms with Crippen molar-refractivity contribution in [3.63, 3.8) is 0 Å². The first-order chi connectivity index (χ1) is 10.8. The van der Waals surface area contributed by atoms with Gasteiger partial charge >= 0.3 is 18.1 Å². The van der Waals surface area contributed by atoms with Gasteiger partial charge < -0.3 is 15.6 Å². The lowest BCUT2D eigenvalue weighted by Gasteiger charge is -2.25. The Morgan fingerprint density at radius 3 is 2.21 bits per heavy atom. The minimum Gasteiger partial charge on any atom is -0.481 e. The van der Waals surface area contributed by atoms with E-state index in [1.165, 1.54) is 18.2 Å². The molecule has 0 fully saturated rings. The van der Waals surface area contributed by atoms with E-state index in [0.29, 0.717) is 0 Å². The largest absolute Gasteiger partial charge is 0.481 e. The molecular weight excluding hydrogens is 327 g/mol. The van der Waals surface area contributed by atoms with E-state index in [0.717, 1.165) is 6.07 Å². The zero-order valence-corrected chi connectivity index (χ0v) is 13.6. The number of nitrogens with two attached hydrogens (primary N) is 1. The van der Waals surface area contributed by atoms with Crippen molar-refractivity contribution in [1.29, 1.82) is 0 Å². The first-order valence-electron chi connectivity index (χ1n) is 7.19. The van der Waals surface area contributed by atoms with Crippen LogP contribution in [0.15, 0.2) is 24.3 Å². The molecule has 0 saturated heterocycles. The van der Waals surface area contributed by atoms with Gasteiger partial charge in [0.05, 0.1) is 5.56 Å². The normalized spacial score (nSPS) is 14.8. The Bertz CT molecular complexity index is 608. The minimum atomic E-state index is -4.60. The monoisotopic (exact) mass is 347 g/mol. The number of rotatable bonds is 5. The van der Waals surface area contributed by atoms with Crippen LogP contribution in [0.3, 0.4) is 0 Å². The van der Waals surface area contributed by atoms with Crippen LogP contribution < -0.4 is 5.73 Å². The van der Waals surface area contributed by atoms with Crippen molar-refractivity contribution in [2.75, 3.05) is 0 Å². The zero-order valence-electron chi connectivity index (χ0n) is 13.6. The Labute approximate surface area is 137 Å². The van der Waals surface area contributed by atoms with Crippen LogP contribution in [0.2, 0.25) is 0 Å². The fourth-order valence-corrected chi connectivity index (χ4v) is 2.17. The molecule has 2 atom stereocenters. The second-order valence-corrected chi connectivity index (χ2v) is 6.37. The summed E-state index contributed by atoms with van der Waals surface area (Å²) in [6, 6.07) is 3.34. The number of hydrogen-bond donors (Lipinski definition) is 2. The van der Waals surface area contributed by atoms with Gasteiger partial charge in [0.1, 0.15) is 5.60 Å². The van der Waals surface area contributed by atoms with Crippen molar-refractivity contribution in [3.8, 4) is 0 Å². The Balaban J connectivity index is 3.05. The van der Waals surface area contributed by atoms with E-state index in [4.69, 9.17) is 10.5 Å². The fraction of sp³-hybridized carbons (Fsp3) is 0.500. The number of carboxylic acids is 1. The van der Waals surface area contributed by atoms with Gasteiger partial charge in [0, 0.05) is 6.04 Å². The SMILES string of the molecule is CC(C)(C)OC(=O)[C@@H](C(=O)O)[C@H](N)Cc1ccccc1C(F)(F)F. The third-order valence-corrected chi connectivity index (χ3v) is 3.13. The van der Waals surface area contributed by atoms with Crippen LogP contribution in [0.25, 0.3) is 0 Å². The van der Waals surface area contributed by atoms with Gasteiger partial charge in [-0.05, 0) is 38.8 Å². The summed E-state index contributed by atoms with van der Waals surface area (Å²) in [5, 5.41) is 9.22. The fourth-order valence-electron chi connectivity index (χ4n) is 2.17. The van der Waals surface area contributed by atoms with Gasteiger partial charge in [-0.2, -0.15) is 13.2 Å². The van der Waals surface area contributed by atoms with Gasteiger partial charge in [-0.15, -0.1) is 0 Å². The average Bonchev–Trinajstić information content (AvgIpc) is 2.35. The third kappa shape index (κ3) is 5.52. The molecule has 0 unspecified atom stereocenters. The molecule has 0 bridgehead atoms. The summed E-state index contributed by atoms with van der Waals surface area (Å²) in [7, 11) is 0. The number of alkyl halides is 3. The molecule has 134 valence electrons. The quantitative estimate of drug-likeness (QED) is 0.631. The lowest BCUT2D eigenvalue weighted by Crippen LogP contribution is -2.45. The van der Waals surface area contributed by atoms with Crippen molar-refractivity contribution in [3.05, 3.63) is 35.4 Å². The summed E-state index contributed by atoms with van der Waals surface area (Å²) in [4.78, 5) is 23.3. The molecular formula is C16H20F3NO4. The molecule has 0 amide bonds. The molecule has 0 radical (unpaired) electrons. The predicted molar refractivity (Wildman–Crippen MR) is 80.1 cm³/mol. The number of carbonyl (C=O) groups is 2. The number of hydrogen-bond acceptors (Lipinski definition) is 4. The molecule has 3 N–H and O–H groups in total. The van der Waals surface area contributed by atoms with Gasteiger partial charge in [-0.1, -0.05) is 18.2 Å². The number of benzene rings is 1. The van der Waals surface area contributed by atoms with E-state index in [-0.39, 0.29) is 5.56 Å². The van der Waals surface area contributed by atoms with Crippen LogP contribution in [0, 0.1) is 5.92 Å². The Morgan fingerprint density at radius 1 is 1.21 bits per heavy atom. The minimum absolute atomic E-state index is 0.174. The van der Waals surface area contributed by atoms with Gasteiger partial charge in [-0.25, -0.2) is 0 Å². The number of carbonyl (C=O) groups excluding carboxylic acids is 1. The molecule has 0 aliphatic carbocycles. The van der Waals surface area contributed by atoms with Crippen molar-refractivity contribution in [2.24, 2.45) is 11.7 Å². The summed E-state index contributed by atoms with van der Waals surface area (Å²) < 4.78 is 44.0. The number of ether oxygens (including phenoxy) is 1. The van der Waals surface area contributed by atoms with Crippen molar-refractivity contribution in [2.45, 2.75) is 45.0 Å². The molecule has 8 heteroatoms. The van der Waals surface area contributed by atoms with E-state index < -0.39 is 47.7 Å². The number of esters is 1. The smallest absolute Gasteiger partial charge is 0.416 e. The van der Waals surface area contributed by atoms with Gasteiger partial charge in [0.2, 0.25) is 0 Å². The molecule has 5 nitrogen and oxygen atoms in total. The lowest BCUT2D eigenvalue weighted by molar-refractivity contribution is -0.167. The van der Waals surface area contributed by atoms with Crippen LogP contribution >= 0.6 is 0 Å². The number of halogens is 3.